The van der Waals surface area contributed by atoms with E-state index in [1.807, 2.05) is 25.1 Å². The van der Waals surface area contributed by atoms with Crippen molar-refractivity contribution in [3.63, 3.8) is 0 Å². The Morgan fingerprint density at radius 3 is 2.94 bits per heavy atom. The minimum Gasteiger partial charge on any atom is -0.331 e. The van der Waals surface area contributed by atoms with Crippen molar-refractivity contribution in [3.05, 3.63) is 41.5 Å². The fraction of sp³-hybridized carbons (Fsp3) is 0.250. The van der Waals surface area contributed by atoms with Gasteiger partial charge >= 0.3 is 0 Å². The van der Waals surface area contributed by atoms with Crippen molar-refractivity contribution in [2.45, 2.75) is 24.5 Å². The van der Waals surface area contributed by atoms with Gasteiger partial charge in [0.15, 0.2) is 5.82 Å². The summed E-state index contributed by atoms with van der Waals surface area (Å²) in [6.45, 7) is 3.46. The zero-order chi connectivity index (χ0) is 12.3. The molecule has 0 unspecified atom stereocenters. The molecule has 17 heavy (non-hydrogen) atoms. The van der Waals surface area contributed by atoms with Crippen molar-refractivity contribution in [1.29, 1.82) is 0 Å². The van der Waals surface area contributed by atoms with Gasteiger partial charge in [-0.05, 0) is 19.1 Å². The van der Waals surface area contributed by atoms with Crippen LogP contribution in [0.4, 0.5) is 0 Å². The van der Waals surface area contributed by atoms with Crippen LogP contribution in [0.5, 0.6) is 0 Å². The van der Waals surface area contributed by atoms with Crippen LogP contribution < -0.4 is 0 Å². The van der Waals surface area contributed by atoms with Crippen LogP contribution in [0, 0.1) is 6.92 Å². The van der Waals surface area contributed by atoms with Crippen LogP contribution in [0.1, 0.15) is 29.0 Å². The van der Waals surface area contributed by atoms with Crippen molar-refractivity contribution >= 4 is 17.5 Å². The van der Waals surface area contributed by atoms with Crippen LogP contribution >= 0.6 is 11.8 Å². The van der Waals surface area contributed by atoms with Crippen molar-refractivity contribution in [3.8, 4) is 0 Å². The molecule has 1 heterocycles. The molecule has 0 aliphatic rings. The monoisotopic (exact) mass is 248 g/mol. The van der Waals surface area contributed by atoms with Gasteiger partial charge in [-0.3, -0.25) is 4.79 Å². The highest BCUT2D eigenvalue weighted by molar-refractivity contribution is 7.98. The molecule has 0 radical (unpaired) electrons. The molecule has 0 aliphatic carbocycles. The number of hydrogen-bond acceptors (Lipinski definition) is 5. The van der Waals surface area contributed by atoms with Gasteiger partial charge < -0.3 is 4.52 Å². The summed E-state index contributed by atoms with van der Waals surface area (Å²) in [4.78, 5) is 16.1. The van der Waals surface area contributed by atoms with Crippen molar-refractivity contribution in [1.82, 2.24) is 10.1 Å². The van der Waals surface area contributed by atoms with E-state index in [-0.39, 0.29) is 11.7 Å². The Bertz CT molecular complexity index is 537. The molecule has 0 saturated heterocycles. The summed E-state index contributed by atoms with van der Waals surface area (Å²) in [5.74, 6) is 1.01. The summed E-state index contributed by atoms with van der Waals surface area (Å²) in [7, 11) is 0. The smallest absolute Gasteiger partial charge is 0.293 e. The molecule has 2 aromatic rings. The minimum atomic E-state index is -0.204. The van der Waals surface area contributed by atoms with Crippen LogP contribution in [0.15, 0.2) is 33.7 Å². The van der Waals surface area contributed by atoms with E-state index in [1.54, 1.807) is 11.8 Å². The molecule has 0 fully saturated rings. The lowest BCUT2D eigenvalue weighted by atomic mass is 10.2. The molecule has 0 saturated carbocycles. The Kier molecular flexibility index (Phi) is 3.58. The third-order valence-corrected chi connectivity index (χ3v) is 3.12. The molecule has 0 amide bonds. The zero-order valence-electron chi connectivity index (χ0n) is 9.64. The topological polar surface area (TPSA) is 56.0 Å². The maximum absolute atomic E-state index is 11.0. The van der Waals surface area contributed by atoms with Crippen molar-refractivity contribution in [2.75, 3.05) is 0 Å². The molecule has 5 heteroatoms. The van der Waals surface area contributed by atoms with Gasteiger partial charge in [0.1, 0.15) is 0 Å². The Hall–Kier alpha value is -1.62. The van der Waals surface area contributed by atoms with Gasteiger partial charge in [-0.25, -0.2) is 0 Å². The molecule has 0 bridgehead atoms. The lowest BCUT2D eigenvalue weighted by Crippen LogP contribution is -1.92. The number of hydrogen-bond donors (Lipinski definition) is 0. The van der Waals surface area contributed by atoms with Crippen LogP contribution in [0.25, 0.3) is 0 Å². The fourth-order valence-electron chi connectivity index (χ4n) is 1.31. The van der Waals surface area contributed by atoms with Crippen LogP contribution in [0.2, 0.25) is 0 Å². The highest BCUT2D eigenvalue weighted by Crippen LogP contribution is 2.22. The lowest BCUT2D eigenvalue weighted by Gasteiger charge is -1.99. The summed E-state index contributed by atoms with van der Waals surface area (Å²) in [6, 6.07) is 8.18. The normalized spacial score (nSPS) is 10.5. The zero-order valence-corrected chi connectivity index (χ0v) is 10.5. The maximum Gasteiger partial charge on any atom is 0.293 e. The third-order valence-electron chi connectivity index (χ3n) is 2.13. The number of aromatic nitrogens is 2. The molecule has 0 N–H and O–H groups in total. The van der Waals surface area contributed by atoms with Crippen molar-refractivity contribution < 1.29 is 9.32 Å². The van der Waals surface area contributed by atoms with Gasteiger partial charge in [-0.1, -0.05) is 22.9 Å². The van der Waals surface area contributed by atoms with E-state index in [1.165, 1.54) is 12.5 Å². The standard InChI is InChI=1S/C12H12N2O2S/c1-8-4-3-5-10(6-8)17-7-11-13-12(9(2)15)16-14-11/h3-6H,7H2,1-2H3. The van der Waals surface area contributed by atoms with E-state index in [9.17, 15) is 4.79 Å². The van der Waals surface area contributed by atoms with E-state index in [2.05, 4.69) is 16.2 Å². The Balaban J connectivity index is 2.00. The summed E-state index contributed by atoms with van der Waals surface area (Å²) in [6.07, 6.45) is 0. The van der Waals surface area contributed by atoms with Gasteiger partial charge in [0.25, 0.3) is 5.89 Å². The number of carbonyl (C=O) groups is 1. The second kappa shape index (κ2) is 5.14. The first-order chi connectivity index (χ1) is 8.15. The third kappa shape index (κ3) is 3.17. The molecule has 4 nitrogen and oxygen atoms in total. The van der Waals surface area contributed by atoms with E-state index in [0.29, 0.717) is 11.6 Å². The lowest BCUT2D eigenvalue weighted by molar-refractivity contribution is 0.0972. The Morgan fingerprint density at radius 2 is 2.29 bits per heavy atom. The number of carbonyl (C=O) groups excluding carboxylic acids is 1. The van der Waals surface area contributed by atoms with Crippen molar-refractivity contribution in [2.24, 2.45) is 0 Å². The minimum absolute atomic E-state index is 0.0739. The average molecular weight is 248 g/mol. The first kappa shape index (κ1) is 11.9. The maximum atomic E-state index is 11.0. The molecular weight excluding hydrogens is 236 g/mol. The summed E-state index contributed by atoms with van der Waals surface area (Å²) >= 11 is 1.62. The number of thioether (sulfide) groups is 1. The van der Waals surface area contributed by atoms with Crippen LogP contribution in [-0.4, -0.2) is 15.9 Å². The molecule has 0 aliphatic heterocycles. The molecule has 88 valence electrons. The van der Waals surface area contributed by atoms with Crippen LogP contribution in [0.3, 0.4) is 0 Å². The van der Waals surface area contributed by atoms with Gasteiger partial charge in [0.05, 0.1) is 5.75 Å². The van der Waals surface area contributed by atoms with E-state index in [4.69, 9.17) is 4.52 Å². The SMILES string of the molecule is CC(=O)c1nc(CSc2cccc(C)c2)no1. The van der Waals surface area contributed by atoms with Crippen LogP contribution in [-0.2, 0) is 5.75 Å². The van der Waals surface area contributed by atoms with Gasteiger partial charge in [-0.2, -0.15) is 4.98 Å². The quantitative estimate of drug-likeness (QED) is 0.615. The van der Waals surface area contributed by atoms with E-state index >= 15 is 0 Å². The molecule has 1 aromatic heterocycles. The predicted octanol–water partition coefficient (Wildman–Crippen LogP) is 2.87. The molecule has 0 spiro atoms. The number of rotatable bonds is 4. The molecule has 0 atom stereocenters. The van der Waals surface area contributed by atoms with Gasteiger partial charge in [0.2, 0.25) is 5.78 Å². The number of ketones is 1. The number of aryl methyl sites for hydroxylation is 1. The highest BCUT2D eigenvalue weighted by Gasteiger charge is 2.10. The van der Waals surface area contributed by atoms with E-state index in [0.717, 1.165) is 4.90 Å². The predicted molar refractivity (Wildman–Crippen MR) is 65.0 cm³/mol. The Labute approximate surface area is 103 Å². The molecule has 1 aromatic carbocycles. The molecule has 2 rings (SSSR count). The average Bonchev–Trinajstić information content (AvgIpc) is 2.75. The summed E-state index contributed by atoms with van der Waals surface area (Å²) in [5, 5.41) is 3.75. The Morgan fingerprint density at radius 1 is 1.47 bits per heavy atom. The summed E-state index contributed by atoms with van der Waals surface area (Å²) in [5.41, 5.74) is 1.22. The number of nitrogens with zero attached hydrogens (tertiary/aromatic N) is 2. The highest BCUT2D eigenvalue weighted by atomic mass is 32.2. The second-order valence-corrected chi connectivity index (χ2v) is 4.73. The fourth-order valence-corrected chi connectivity index (χ4v) is 2.17. The van der Waals surface area contributed by atoms with Gasteiger partial charge in [-0.15, -0.1) is 11.8 Å². The molecular formula is C12H12N2O2S. The first-order valence-electron chi connectivity index (χ1n) is 5.18. The van der Waals surface area contributed by atoms with Gasteiger partial charge in [0, 0.05) is 11.8 Å². The first-order valence-corrected chi connectivity index (χ1v) is 6.16. The largest absolute Gasteiger partial charge is 0.331 e. The number of benzene rings is 1. The number of Topliss-reactive ketones (excluding diaryl/α,β-unsaturated/α-hetero) is 1. The second-order valence-electron chi connectivity index (χ2n) is 3.68. The van der Waals surface area contributed by atoms with E-state index < -0.39 is 0 Å². The summed E-state index contributed by atoms with van der Waals surface area (Å²) < 4.78 is 4.81.